The zero-order valence-electron chi connectivity index (χ0n) is 17.6. The summed E-state index contributed by atoms with van der Waals surface area (Å²) >= 11 is 0. The van der Waals surface area contributed by atoms with E-state index in [1.807, 2.05) is 26.2 Å². The van der Waals surface area contributed by atoms with Gasteiger partial charge in [-0.05, 0) is 48.7 Å². The van der Waals surface area contributed by atoms with Crippen molar-refractivity contribution in [3.63, 3.8) is 0 Å². The highest BCUT2D eigenvalue weighted by Crippen LogP contribution is 2.27. The lowest BCUT2D eigenvalue weighted by molar-refractivity contribution is 0.354. The summed E-state index contributed by atoms with van der Waals surface area (Å²) in [6.45, 7) is 4.30. The van der Waals surface area contributed by atoms with E-state index in [2.05, 4.69) is 52.8 Å². The van der Waals surface area contributed by atoms with Crippen LogP contribution in [0.1, 0.15) is 18.1 Å². The van der Waals surface area contributed by atoms with Crippen molar-refractivity contribution in [2.75, 3.05) is 46.3 Å². The quantitative estimate of drug-likeness (QED) is 0.514. The van der Waals surface area contributed by atoms with Crippen molar-refractivity contribution in [3.8, 4) is 11.5 Å². The van der Waals surface area contributed by atoms with Crippen molar-refractivity contribution in [3.05, 3.63) is 53.6 Å². The van der Waals surface area contributed by atoms with Gasteiger partial charge in [0.1, 0.15) is 0 Å². The fourth-order valence-corrected chi connectivity index (χ4v) is 2.81. The van der Waals surface area contributed by atoms with Crippen molar-refractivity contribution in [1.82, 2.24) is 10.6 Å². The van der Waals surface area contributed by atoms with E-state index in [0.717, 1.165) is 37.0 Å². The maximum absolute atomic E-state index is 5.37. The second kappa shape index (κ2) is 11.1. The number of ether oxygens (including phenoxy) is 2. The first-order valence-electron chi connectivity index (χ1n) is 9.56. The summed E-state index contributed by atoms with van der Waals surface area (Å²) in [6, 6.07) is 14.4. The van der Waals surface area contributed by atoms with Gasteiger partial charge in [0.25, 0.3) is 0 Å². The van der Waals surface area contributed by atoms with Crippen LogP contribution in [-0.2, 0) is 13.0 Å². The number of anilines is 1. The predicted molar refractivity (Wildman–Crippen MR) is 117 cm³/mol. The summed E-state index contributed by atoms with van der Waals surface area (Å²) in [5, 5.41) is 6.70. The number of aliphatic imine (C=N–C) groups is 1. The molecule has 2 N–H and O–H groups in total. The Morgan fingerprint density at radius 2 is 1.75 bits per heavy atom. The Hall–Kier alpha value is -2.89. The van der Waals surface area contributed by atoms with Gasteiger partial charge < -0.3 is 25.0 Å². The second-order valence-corrected chi connectivity index (χ2v) is 6.63. The minimum atomic E-state index is 0.632. The molecule has 28 heavy (non-hydrogen) atoms. The van der Waals surface area contributed by atoms with Crippen molar-refractivity contribution in [2.24, 2.45) is 4.99 Å². The largest absolute Gasteiger partial charge is 0.493 e. The van der Waals surface area contributed by atoms with Gasteiger partial charge in [0.15, 0.2) is 17.5 Å². The van der Waals surface area contributed by atoms with Crippen LogP contribution in [-0.4, -0.2) is 47.4 Å². The number of hydrogen-bond donors (Lipinski definition) is 2. The molecule has 152 valence electrons. The van der Waals surface area contributed by atoms with Gasteiger partial charge in [-0.25, -0.2) is 4.99 Å². The monoisotopic (exact) mass is 384 g/mol. The predicted octanol–water partition coefficient (Wildman–Crippen LogP) is 3.07. The number of benzene rings is 2. The molecule has 6 heteroatoms. The zero-order valence-corrected chi connectivity index (χ0v) is 17.6. The third-order valence-corrected chi connectivity index (χ3v) is 4.35. The summed E-state index contributed by atoms with van der Waals surface area (Å²) in [6.07, 6.45) is 0.862. The van der Waals surface area contributed by atoms with Crippen molar-refractivity contribution in [1.29, 1.82) is 0 Å². The number of guanidine groups is 1. The molecule has 0 saturated carbocycles. The van der Waals surface area contributed by atoms with Crippen LogP contribution in [0.15, 0.2) is 47.5 Å². The molecule has 0 aliphatic heterocycles. The van der Waals surface area contributed by atoms with Gasteiger partial charge in [-0.2, -0.15) is 0 Å². The lowest BCUT2D eigenvalue weighted by Gasteiger charge is -2.14. The first kappa shape index (κ1) is 21.4. The molecule has 0 bridgehead atoms. The third kappa shape index (κ3) is 6.37. The van der Waals surface area contributed by atoms with Gasteiger partial charge in [0.05, 0.1) is 20.8 Å². The number of methoxy groups -OCH3 is 2. The van der Waals surface area contributed by atoms with Gasteiger partial charge >= 0.3 is 0 Å². The Labute approximate surface area is 168 Å². The standard InChI is InChI=1S/C22H32N4O2/c1-6-23-22(25-16-18-8-7-9-19(14-18)26(2)3)24-13-12-17-10-11-20(27-4)21(15-17)28-5/h7-11,14-15H,6,12-13,16H2,1-5H3,(H2,23,24,25). The molecular formula is C22H32N4O2. The number of rotatable bonds is 9. The number of hydrogen-bond acceptors (Lipinski definition) is 4. The molecule has 2 aromatic rings. The molecule has 0 unspecified atom stereocenters. The molecule has 0 aliphatic rings. The average molecular weight is 385 g/mol. The van der Waals surface area contributed by atoms with E-state index in [1.54, 1.807) is 14.2 Å². The van der Waals surface area contributed by atoms with Crippen LogP contribution in [0.2, 0.25) is 0 Å². The third-order valence-electron chi connectivity index (χ3n) is 4.35. The Kier molecular flexibility index (Phi) is 8.46. The highest BCUT2D eigenvalue weighted by atomic mass is 16.5. The molecular weight excluding hydrogens is 352 g/mol. The SMILES string of the molecule is CCNC(=NCc1cccc(N(C)C)c1)NCCc1ccc(OC)c(OC)c1. The first-order valence-corrected chi connectivity index (χ1v) is 9.56. The molecule has 0 saturated heterocycles. The molecule has 0 aromatic heterocycles. The topological polar surface area (TPSA) is 58.1 Å². The molecule has 0 spiro atoms. The maximum atomic E-state index is 5.37. The van der Waals surface area contributed by atoms with Crippen LogP contribution in [0.25, 0.3) is 0 Å². The fourth-order valence-electron chi connectivity index (χ4n) is 2.81. The van der Waals surface area contributed by atoms with Crippen LogP contribution in [0, 0.1) is 0 Å². The summed E-state index contributed by atoms with van der Waals surface area (Å²) in [5.41, 5.74) is 3.54. The van der Waals surface area contributed by atoms with Gasteiger partial charge in [0.2, 0.25) is 0 Å². The molecule has 0 heterocycles. The summed E-state index contributed by atoms with van der Waals surface area (Å²) in [4.78, 5) is 6.80. The Morgan fingerprint density at radius 1 is 0.964 bits per heavy atom. The van der Waals surface area contributed by atoms with Gasteiger partial charge in [0, 0.05) is 32.9 Å². The molecule has 0 fully saturated rings. The van der Waals surface area contributed by atoms with Gasteiger partial charge in [-0.1, -0.05) is 18.2 Å². The van der Waals surface area contributed by atoms with E-state index in [0.29, 0.717) is 6.54 Å². The lowest BCUT2D eigenvalue weighted by Crippen LogP contribution is -2.38. The molecule has 0 aliphatic carbocycles. The highest BCUT2D eigenvalue weighted by molar-refractivity contribution is 5.79. The second-order valence-electron chi connectivity index (χ2n) is 6.63. The minimum absolute atomic E-state index is 0.632. The Balaban J connectivity index is 1.95. The Bertz CT molecular complexity index is 775. The molecule has 6 nitrogen and oxygen atoms in total. The molecule has 2 aromatic carbocycles. The van der Waals surface area contributed by atoms with Crippen molar-refractivity contribution < 1.29 is 9.47 Å². The van der Waals surface area contributed by atoms with Crippen molar-refractivity contribution >= 4 is 11.6 Å². The number of nitrogens with one attached hydrogen (secondary N) is 2. The van der Waals surface area contributed by atoms with Gasteiger partial charge in [-0.15, -0.1) is 0 Å². The van der Waals surface area contributed by atoms with Crippen LogP contribution < -0.4 is 25.0 Å². The van der Waals surface area contributed by atoms with Crippen LogP contribution in [0.3, 0.4) is 0 Å². The fraction of sp³-hybridized carbons (Fsp3) is 0.409. The molecule has 0 atom stereocenters. The molecule has 2 rings (SSSR count). The smallest absolute Gasteiger partial charge is 0.191 e. The molecule has 0 radical (unpaired) electrons. The van der Waals surface area contributed by atoms with Crippen LogP contribution >= 0.6 is 0 Å². The van der Waals surface area contributed by atoms with E-state index in [-0.39, 0.29) is 0 Å². The van der Waals surface area contributed by atoms with E-state index >= 15 is 0 Å². The van der Waals surface area contributed by atoms with Crippen molar-refractivity contribution in [2.45, 2.75) is 19.9 Å². The lowest BCUT2D eigenvalue weighted by atomic mass is 10.1. The molecule has 0 amide bonds. The van der Waals surface area contributed by atoms with E-state index in [9.17, 15) is 0 Å². The van der Waals surface area contributed by atoms with E-state index in [1.165, 1.54) is 16.8 Å². The summed E-state index contributed by atoms with van der Waals surface area (Å²) in [5.74, 6) is 2.31. The van der Waals surface area contributed by atoms with E-state index < -0.39 is 0 Å². The zero-order chi connectivity index (χ0) is 20.4. The maximum Gasteiger partial charge on any atom is 0.191 e. The highest BCUT2D eigenvalue weighted by Gasteiger charge is 2.05. The minimum Gasteiger partial charge on any atom is -0.493 e. The van der Waals surface area contributed by atoms with Crippen LogP contribution in [0.4, 0.5) is 5.69 Å². The first-order chi connectivity index (χ1) is 13.6. The summed E-state index contributed by atoms with van der Waals surface area (Å²) in [7, 11) is 7.39. The Morgan fingerprint density at radius 3 is 2.43 bits per heavy atom. The normalized spacial score (nSPS) is 11.1. The van der Waals surface area contributed by atoms with Crippen LogP contribution in [0.5, 0.6) is 11.5 Å². The summed E-state index contributed by atoms with van der Waals surface area (Å²) < 4.78 is 10.7. The van der Waals surface area contributed by atoms with E-state index in [4.69, 9.17) is 14.5 Å². The average Bonchev–Trinajstić information content (AvgIpc) is 2.72. The van der Waals surface area contributed by atoms with Gasteiger partial charge in [-0.3, -0.25) is 0 Å². The number of nitrogens with zero attached hydrogens (tertiary/aromatic N) is 2.